The average Bonchev–Trinajstić information content (AvgIpc) is 2.38. The molecular weight excluding hydrogens is 251 g/mol. The quantitative estimate of drug-likeness (QED) is 0.566. The van der Waals surface area contributed by atoms with E-state index in [0.29, 0.717) is 0 Å². The summed E-state index contributed by atoms with van der Waals surface area (Å²) in [4.78, 5) is 2.00. The fourth-order valence-electron chi connectivity index (χ4n) is 1.39. The Morgan fingerprint density at radius 1 is 0.765 bits per heavy atom. The Morgan fingerprint density at radius 2 is 1.41 bits per heavy atom. The third-order valence-corrected chi connectivity index (χ3v) is 4.51. The summed E-state index contributed by atoms with van der Waals surface area (Å²) in [6.45, 7) is 0. The van der Waals surface area contributed by atoms with E-state index in [1.165, 1.54) is 11.0 Å². The van der Waals surface area contributed by atoms with Gasteiger partial charge in [-0.05, 0) is 24.3 Å². The van der Waals surface area contributed by atoms with E-state index in [1.807, 2.05) is 30.3 Å². The maximum absolute atomic E-state index is 13.3. The van der Waals surface area contributed by atoms with Gasteiger partial charge in [-0.15, -0.1) is 23.5 Å². The molecule has 0 aliphatic heterocycles. The van der Waals surface area contributed by atoms with Gasteiger partial charge in [0.1, 0.15) is 5.82 Å². The van der Waals surface area contributed by atoms with Crippen molar-refractivity contribution < 1.29 is 4.39 Å². The van der Waals surface area contributed by atoms with Crippen LogP contribution in [-0.2, 0) is 0 Å². The molecule has 0 nitrogen and oxygen atoms in total. The van der Waals surface area contributed by atoms with Crippen LogP contribution in [0.3, 0.4) is 0 Å². The summed E-state index contributed by atoms with van der Waals surface area (Å²) in [5, 5.41) is 0. The first-order chi connectivity index (χ1) is 8.36. The topological polar surface area (TPSA) is 0 Å². The Kier molecular flexibility index (Phi) is 4.95. The Balaban J connectivity index is 1.76. The molecule has 0 saturated carbocycles. The van der Waals surface area contributed by atoms with Gasteiger partial charge in [0.25, 0.3) is 0 Å². The third kappa shape index (κ3) is 4.10. The molecule has 0 amide bonds. The fraction of sp³-hybridized carbons (Fsp3) is 0.143. The zero-order valence-corrected chi connectivity index (χ0v) is 10.9. The monoisotopic (exact) mass is 264 g/mol. The summed E-state index contributed by atoms with van der Waals surface area (Å²) < 4.78 is 13.3. The van der Waals surface area contributed by atoms with Crippen molar-refractivity contribution in [3.63, 3.8) is 0 Å². The van der Waals surface area contributed by atoms with Crippen molar-refractivity contribution in [2.75, 3.05) is 11.5 Å². The van der Waals surface area contributed by atoms with Crippen LogP contribution in [0.4, 0.5) is 4.39 Å². The molecule has 0 N–H and O–H groups in total. The third-order valence-electron chi connectivity index (χ3n) is 2.19. The van der Waals surface area contributed by atoms with Gasteiger partial charge in [-0.25, -0.2) is 4.39 Å². The van der Waals surface area contributed by atoms with Gasteiger partial charge in [-0.2, -0.15) is 0 Å². The molecule has 0 saturated heterocycles. The van der Waals surface area contributed by atoms with Crippen LogP contribution >= 0.6 is 23.5 Å². The van der Waals surface area contributed by atoms with Crippen molar-refractivity contribution in [1.29, 1.82) is 0 Å². The highest BCUT2D eigenvalue weighted by molar-refractivity contribution is 8.03. The van der Waals surface area contributed by atoms with Crippen molar-refractivity contribution in [3.05, 3.63) is 60.4 Å². The van der Waals surface area contributed by atoms with Crippen LogP contribution in [-0.4, -0.2) is 11.5 Å². The summed E-state index contributed by atoms with van der Waals surface area (Å²) in [5.74, 6) is 1.78. The predicted octanol–water partition coefficient (Wildman–Crippen LogP) is 4.71. The molecule has 0 atom stereocenters. The van der Waals surface area contributed by atoms with Gasteiger partial charge in [-0.3, -0.25) is 0 Å². The van der Waals surface area contributed by atoms with Gasteiger partial charge in [0.2, 0.25) is 0 Å². The highest BCUT2D eigenvalue weighted by atomic mass is 32.2. The molecule has 0 radical (unpaired) electrons. The standard InChI is InChI=1S/C14H13FS2/c15-13-8-4-5-9-14(13)17-11-10-16-12-6-2-1-3-7-12/h1-9H,10-11H2. The molecule has 0 unspecified atom stereocenters. The maximum atomic E-state index is 13.3. The largest absolute Gasteiger partial charge is 0.206 e. The maximum Gasteiger partial charge on any atom is 0.136 e. The molecule has 2 aromatic carbocycles. The van der Waals surface area contributed by atoms with E-state index in [1.54, 1.807) is 29.6 Å². The normalized spacial score (nSPS) is 10.4. The minimum atomic E-state index is -0.123. The molecule has 2 aromatic rings. The summed E-state index contributed by atoms with van der Waals surface area (Å²) in [5.41, 5.74) is 0. The summed E-state index contributed by atoms with van der Waals surface area (Å²) in [6, 6.07) is 17.2. The lowest BCUT2D eigenvalue weighted by Gasteiger charge is -2.03. The van der Waals surface area contributed by atoms with E-state index in [0.717, 1.165) is 16.4 Å². The Hall–Kier alpha value is -0.930. The summed E-state index contributed by atoms with van der Waals surface area (Å²) in [7, 11) is 0. The van der Waals surface area contributed by atoms with E-state index >= 15 is 0 Å². The lowest BCUT2D eigenvalue weighted by Crippen LogP contribution is -1.86. The minimum absolute atomic E-state index is 0.123. The van der Waals surface area contributed by atoms with Crippen LogP contribution in [0.25, 0.3) is 0 Å². The molecule has 2 rings (SSSR count). The van der Waals surface area contributed by atoms with Gasteiger partial charge in [-0.1, -0.05) is 30.3 Å². The van der Waals surface area contributed by atoms with Gasteiger partial charge < -0.3 is 0 Å². The molecular formula is C14H13FS2. The van der Waals surface area contributed by atoms with Crippen LogP contribution in [0.2, 0.25) is 0 Å². The molecule has 88 valence electrons. The highest BCUT2D eigenvalue weighted by Crippen LogP contribution is 2.24. The second-order valence-electron chi connectivity index (χ2n) is 3.44. The number of rotatable bonds is 5. The van der Waals surface area contributed by atoms with Crippen molar-refractivity contribution in [2.24, 2.45) is 0 Å². The van der Waals surface area contributed by atoms with Crippen LogP contribution < -0.4 is 0 Å². The first-order valence-corrected chi connectivity index (χ1v) is 7.38. The lowest BCUT2D eigenvalue weighted by atomic mass is 10.3. The molecule has 0 aromatic heterocycles. The number of thioether (sulfide) groups is 2. The Morgan fingerprint density at radius 3 is 2.18 bits per heavy atom. The van der Waals surface area contributed by atoms with E-state index < -0.39 is 0 Å². The number of halogens is 1. The van der Waals surface area contributed by atoms with Gasteiger partial charge in [0.15, 0.2) is 0 Å². The number of hydrogen-bond acceptors (Lipinski definition) is 2. The van der Waals surface area contributed by atoms with Crippen LogP contribution in [0.1, 0.15) is 0 Å². The Bertz CT molecular complexity index is 457. The molecule has 0 aliphatic carbocycles. The molecule has 3 heteroatoms. The van der Waals surface area contributed by atoms with Crippen LogP contribution in [0.15, 0.2) is 64.4 Å². The first kappa shape index (κ1) is 12.5. The fourth-order valence-corrected chi connectivity index (χ4v) is 3.24. The van der Waals surface area contributed by atoms with Crippen molar-refractivity contribution in [3.8, 4) is 0 Å². The minimum Gasteiger partial charge on any atom is -0.206 e. The molecule has 17 heavy (non-hydrogen) atoms. The highest BCUT2D eigenvalue weighted by Gasteiger charge is 2.00. The van der Waals surface area contributed by atoms with E-state index in [2.05, 4.69) is 12.1 Å². The molecule has 0 bridgehead atoms. The van der Waals surface area contributed by atoms with Crippen LogP contribution in [0.5, 0.6) is 0 Å². The van der Waals surface area contributed by atoms with Crippen molar-refractivity contribution >= 4 is 23.5 Å². The molecule has 0 fully saturated rings. The van der Waals surface area contributed by atoms with E-state index in [9.17, 15) is 4.39 Å². The van der Waals surface area contributed by atoms with E-state index in [-0.39, 0.29) is 5.82 Å². The van der Waals surface area contributed by atoms with Crippen LogP contribution in [0, 0.1) is 5.82 Å². The number of hydrogen-bond donors (Lipinski definition) is 0. The molecule has 0 heterocycles. The zero-order chi connectivity index (χ0) is 11.9. The number of benzene rings is 2. The van der Waals surface area contributed by atoms with Crippen molar-refractivity contribution in [1.82, 2.24) is 0 Å². The van der Waals surface area contributed by atoms with Gasteiger partial charge >= 0.3 is 0 Å². The predicted molar refractivity (Wildman–Crippen MR) is 74.3 cm³/mol. The zero-order valence-electron chi connectivity index (χ0n) is 9.30. The Labute approximate surface area is 110 Å². The lowest BCUT2D eigenvalue weighted by molar-refractivity contribution is 0.602. The second-order valence-corrected chi connectivity index (χ2v) is 5.75. The SMILES string of the molecule is Fc1ccccc1SCCSc1ccccc1. The summed E-state index contributed by atoms with van der Waals surface area (Å²) in [6.07, 6.45) is 0. The van der Waals surface area contributed by atoms with Gasteiger partial charge in [0.05, 0.1) is 0 Å². The average molecular weight is 264 g/mol. The second kappa shape index (κ2) is 6.72. The first-order valence-electron chi connectivity index (χ1n) is 5.41. The smallest absolute Gasteiger partial charge is 0.136 e. The van der Waals surface area contributed by atoms with Crippen molar-refractivity contribution in [2.45, 2.75) is 9.79 Å². The molecule has 0 aliphatic rings. The van der Waals surface area contributed by atoms with E-state index in [4.69, 9.17) is 0 Å². The molecule has 0 spiro atoms. The van der Waals surface area contributed by atoms with Gasteiger partial charge in [0, 0.05) is 21.3 Å². The summed E-state index contributed by atoms with van der Waals surface area (Å²) >= 11 is 3.37.